The molecular weight excluding hydrogens is 222 g/mol. The monoisotopic (exact) mass is 243 g/mol. The molecule has 1 N–H and O–H groups in total. The Kier molecular flexibility index (Phi) is 5.97. The molecule has 1 fully saturated rings. The van der Waals surface area contributed by atoms with E-state index >= 15 is 0 Å². The Bertz CT molecular complexity index is 267. The number of hydrogen-bond acceptors (Lipinski definition) is 4. The summed E-state index contributed by atoms with van der Waals surface area (Å²) < 4.78 is 9.42. The van der Waals surface area contributed by atoms with E-state index in [1.807, 2.05) is 0 Å². The molecule has 0 aromatic carbocycles. The van der Waals surface area contributed by atoms with Gasteiger partial charge in [-0.15, -0.1) is 0 Å². The molecule has 0 unspecified atom stereocenters. The predicted molar refractivity (Wildman–Crippen MR) is 62.4 cm³/mol. The summed E-state index contributed by atoms with van der Waals surface area (Å²) in [4.78, 5) is 22.5. The zero-order valence-electron chi connectivity index (χ0n) is 10.5. The van der Waals surface area contributed by atoms with Crippen LogP contribution in [0.2, 0.25) is 0 Å². The Balaban J connectivity index is 2.01. The van der Waals surface area contributed by atoms with Crippen molar-refractivity contribution in [2.24, 2.45) is 0 Å². The lowest BCUT2D eigenvalue weighted by atomic mass is 10.1. The third-order valence-corrected chi connectivity index (χ3v) is 2.76. The van der Waals surface area contributed by atoms with Crippen LogP contribution in [0.4, 0.5) is 0 Å². The van der Waals surface area contributed by atoms with Gasteiger partial charge in [-0.25, -0.2) is 4.79 Å². The fourth-order valence-corrected chi connectivity index (χ4v) is 1.65. The van der Waals surface area contributed by atoms with Gasteiger partial charge in [-0.1, -0.05) is 32.6 Å². The van der Waals surface area contributed by atoms with Crippen LogP contribution >= 0.6 is 0 Å². The maximum Gasteiger partial charge on any atom is 0.338 e. The lowest BCUT2D eigenvalue weighted by Gasteiger charge is -2.02. The average Bonchev–Trinajstić information content (AvgIpc) is 3.12. The van der Waals surface area contributed by atoms with Crippen LogP contribution < -0.4 is 5.32 Å². The number of epoxide rings is 1. The van der Waals surface area contributed by atoms with Gasteiger partial charge in [0, 0.05) is 6.54 Å². The summed E-state index contributed by atoms with van der Waals surface area (Å²) in [5.74, 6) is -0.691. The van der Waals surface area contributed by atoms with Crippen molar-refractivity contribution in [2.75, 3.05) is 13.7 Å². The molecule has 1 aliphatic heterocycles. The molecule has 0 saturated carbocycles. The molecule has 17 heavy (non-hydrogen) atoms. The third-order valence-electron chi connectivity index (χ3n) is 2.76. The predicted octanol–water partition coefficient (Wildman–Crippen LogP) is 1.01. The van der Waals surface area contributed by atoms with Crippen molar-refractivity contribution in [1.82, 2.24) is 5.32 Å². The summed E-state index contributed by atoms with van der Waals surface area (Å²) in [5.41, 5.74) is 0. The van der Waals surface area contributed by atoms with Gasteiger partial charge >= 0.3 is 5.97 Å². The van der Waals surface area contributed by atoms with Gasteiger partial charge in [-0.05, 0) is 6.42 Å². The van der Waals surface area contributed by atoms with Crippen LogP contribution in [0, 0.1) is 0 Å². The standard InChI is InChI=1S/C12H21NO4/c1-3-4-5-6-7-8-13-11(14)9-10(17-9)12(15)16-2/h9-10H,3-8H2,1-2H3,(H,13,14)/t9-,10+/m1/s1. The SMILES string of the molecule is CCCCCCCNC(=O)[C@@H]1O[C@@H]1C(=O)OC. The van der Waals surface area contributed by atoms with Crippen LogP contribution in [-0.4, -0.2) is 37.7 Å². The first kappa shape index (κ1) is 14.0. The van der Waals surface area contributed by atoms with E-state index in [2.05, 4.69) is 17.0 Å². The Labute approximate surface area is 102 Å². The second kappa shape index (κ2) is 7.27. The van der Waals surface area contributed by atoms with Crippen molar-refractivity contribution < 1.29 is 19.1 Å². The molecule has 1 amide bonds. The van der Waals surface area contributed by atoms with Crippen molar-refractivity contribution in [3.63, 3.8) is 0 Å². The van der Waals surface area contributed by atoms with Crippen molar-refractivity contribution in [2.45, 2.75) is 51.2 Å². The Morgan fingerprint density at radius 2 is 1.88 bits per heavy atom. The van der Waals surface area contributed by atoms with E-state index in [1.165, 1.54) is 26.4 Å². The Morgan fingerprint density at radius 3 is 2.53 bits per heavy atom. The minimum absolute atomic E-state index is 0.212. The minimum atomic E-state index is -0.694. The number of esters is 1. The minimum Gasteiger partial charge on any atom is -0.467 e. The van der Waals surface area contributed by atoms with Gasteiger partial charge in [0.2, 0.25) is 0 Å². The van der Waals surface area contributed by atoms with E-state index in [4.69, 9.17) is 4.74 Å². The van der Waals surface area contributed by atoms with Gasteiger partial charge in [-0.3, -0.25) is 4.79 Å². The maximum atomic E-state index is 11.5. The second-order valence-corrected chi connectivity index (χ2v) is 4.21. The largest absolute Gasteiger partial charge is 0.467 e. The zero-order chi connectivity index (χ0) is 12.7. The summed E-state index contributed by atoms with van der Waals surface area (Å²) in [5, 5.41) is 2.76. The van der Waals surface area contributed by atoms with Gasteiger partial charge in [0.25, 0.3) is 5.91 Å². The molecule has 2 atom stereocenters. The zero-order valence-corrected chi connectivity index (χ0v) is 10.5. The molecule has 1 saturated heterocycles. The van der Waals surface area contributed by atoms with Gasteiger partial charge < -0.3 is 14.8 Å². The quantitative estimate of drug-likeness (QED) is 0.392. The van der Waals surface area contributed by atoms with E-state index in [1.54, 1.807) is 0 Å². The topological polar surface area (TPSA) is 67.9 Å². The van der Waals surface area contributed by atoms with Gasteiger partial charge in [0.15, 0.2) is 12.2 Å². The molecule has 0 radical (unpaired) electrons. The summed E-state index contributed by atoms with van der Waals surface area (Å²) >= 11 is 0. The smallest absolute Gasteiger partial charge is 0.338 e. The number of carbonyl (C=O) groups is 2. The van der Waals surface area contributed by atoms with Crippen molar-refractivity contribution in [1.29, 1.82) is 0 Å². The number of unbranched alkanes of at least 4 members (excludes halogenated alkanes) is 4. The molecular formula is C12H21NO4. The lowest BCUT2D eigenvalue weighted by Crippen LogP contribution is -2.31. The van der Waals surface area contributed by atoms with Gasteiger partial charge in [0.1, 0.15) is 0 Å². The number of hydrogen-bond donors (Lipinski definition) is 1. The third kappa shape index (κ3) is 4.73. The molecule has 0 aromatic heterocycles. The van der Waals surface area contributed by atoms with E-state index < -0.39 is 18.2 Å². The number of nitrogens with one attached hydrogen (secondary N) is 1. The average molecular weight is 243 g/mol. The molecule has 0 aromatic rings. The second-order valence-electron chi connectivity index (χ2n) is 4.21. The van der Waals surface area contributed by atoms with Gasteiger partial charge in [0.05, 0.1) is 7.11 Å². The van der Waals surface area contributed by atoms with E-state index in [9.17, 15) is 9.59 Å². The fourth-order valence-electron chi connectivity index (χ4n) is 1.65. The molecule has 0 spiro atoms. The maximum absolute atomic E-state index is 11.5. The highest BCUT2D eigenvalue weighted by Crippen LogP contribution is 2.23. The van der Waals surface area contributed by atoms with E-state index in [0.717, 1.165) is 12.8 Å². The summed E-state index contributed by atoms with van der Waals surface area (Å²) in [6.07, 6.45) is 4.42. The first-order valence-corrected chi connectivity index (χ1v) is 6.21. The Hall–Kier alpha value is -1.10. The van der Waals surface area contributed by atoms with E-state index in [0.29, 0.717) is 6.54 Å². The number of ether oxygens (including phenoxy) is 2. The highest BCUT2D eigenvalue weighted by Gasteiger charge is 2.51. The van der Waals surface area contributed by atoms with Crippen LogP contribution in [0.25, 0.3) is 0 Å². The van der Waals surface area contributed by atoms with Crippen LogP contribution in [0.3, 0.4) is 0 Å². The molecule has 98 valence electrons. The molecule has 5 nitrogen and oxygen atoms in total. The van der Waals surface area contributed by atoms with Crippen LogP contribution in [0.5, 0.6) is 0 Å². The molecule has 0 bridgehead atoms. The summed E-state index contributed by atoms with van der Waals surface area (Å²) in [6.45, 7) is 2.81. The van der Waals surface area contributed by atoms with Gasteiger partial charge in [-0.2, -0.15) is 0 Å². The molecule has 1 heterocycles. The first-order chi connectivity index (χ1) is 8.20. The van der Waals surface area contributed by atoms with Crippen LogP contribution in [0.1, 0.15) is 39.0 Å². The van der Waals surface area contributed by atoms with Crippen LogP contribution in [0.15, 0.2) is 0 Å². The van der Waals surface area contributed by atoms with E-state index in [-0.39, 0.29) is 5.91 Å². The van der Waals surface area contributed by atoms with Crippen LogP contribution in [-0.2, 0) is 19.1 Å². The van der Waals surface area contributed by atoms with Crippen molar-refractivity contribution in [3.8, 4) is 0 Å². The number of amides is 1. The molecule has 0 aliphatic carbocycles. The normalized spacial score (nSPS) is 22.0. The van der Waals surface area contributed by atoms with Crippen molar-refractivity contribution >= 4 is 11.9 Å². The lowest BCUT2D eigenvalue weighted by molar-refractivity contribution is -0.142. The molecule has 1 rings (SSSR count). The number of carbonyl (C=O) groups excluding carboxylic acids is 2. The Morgan fingerprint density at radius 1 is 1.18 bits per heavy atom. The highest BCUT2D eigenvalue weighted by molar-refractivity contribution is 5.92. The number of methoxy groups -OCH3 is 1. The van der Waals surface area contributed by atoms with Crippen molar-refractivity contribution in [3.05, 3.63) is 0 Å². The molecule has 5 heteroatoms. The first-order valence-electron chi connectivity index (χ1n) is 6.21. The fraction of sp³-hybridized carbons (Fsp3) is 0.833. The summed E-state index contributed by atoms with van der Waals surface area (Å²) in [6, 6.07) is 0. The highest BCUT2D eigenvalue weighted by atomic mass is 16.6. The molecule has 1 aliphatic rings. The number of rotatable bonds is 8. The summed E-state index contributed by atoms with van der Waals surface area (Å²) in [7, 11) is 1.28.